The van der Waals surface area contributed by atoms with Gasteiger partial charge in [0.15, 0.2) is 0 Å². The molecule has 5 rings (SSSR count). The summed E-state index contributed by atoms with van der Waals surface area (Å²) in [5.74, 6) is -0.972. The Morgan fingerprint density at radius 3 is 2.82 bits per heavy atom. The van der Waals surface area contributed by atoms with Gasteiger partial charge in [-0.2, -0.15) is 4.98 Å². The first kappa shape index (κ1) is 20.5. The lowest BCUT2D eigenvalue weighted by atomic mass is 9.89. The molecule has 164 valence electrons. The van der Waals surface area contributed by atoms with Crippen LogP contribution in [0.15, 0.2) is 71.5 Å². The quantitative estimate of drug-likeness (QED) is 0.487. The number of benzene rings is 2. The minimum absolute atomic E-state index is 0.00424. The first-order chi connectivity index (χ1) is 16.1. The van der Waals surface area contributed by atoms with Gasteiger partial charge in [0.2, 0.25) is 17.6 Å². The molecule has 33 heavy (non-hydrogen) atoms. The topological polar surface area (TPSA) is 110 Å². The molecule has 2 N–H and O–H groups in total. The summed E-state index contributed by atoms with van der Waals surface area (Å²) in [5.41, 5.74) is 3.25. The molecule has 0 bridgehead atoms. The van der Waals surface area contributed by atoms with Crippen molar-refractivity contribution in [1.82, 2.24) is 20.4 Å². The van der Waals surface area contributed by atoms with E-state index in [1.807, 2.05) is 24.3 Å². The molecule has 0 saturated heterocycles. The second kappa shape index (κ2) is 8.62. The van der Waals surface area contributed by atoms with Gasteiger partial charge in [0.05, 0.1) is 5.92 Å². The van der Waals surface area contributed by atoms with Gasteiger partial charge in [-0.05, 0) is 47.5 Å². The lowest BCUT2D eigenvalue weighted by Crippen LogP contribution is -2.34. The summed E-state index contributed by atoms with van der Waals surface area (Å²) in [6, 6.07) is 15.0. The van der Waals surface area contributed by atoms with E-state index in [9.17, 15) is 14.0 Å². The molecule has 2 aromatic heterocycles. The molecule has 2 amide bonds. The Morgan fingerprint density at radius 1 is 1.12 bits per heavy atom. The van der Waals surface area contributed by atoms with E-state index < -0.39 is 11.7 Å². The molecule has 3 heterocycles. The summed E-state index contributed by atoms with van der Waals surface area (Å²) >= 11 is 0. The molecule has 2 aromatic carbocycles. The van der Waals surface area contributed by atoms with Crippen LogP contribution in [-0.2, 0) is 16.1 Å². The molecule has 0 spiro atoms. The third-order valence-corrected chi connectivity index (χ3v) is 5.38. The number of carbonyl (C=O) groups is 2. The Balaban J connectivity index is 1.30. The van der Waals surface area contributed by atoms with Crippen LogP contribution < -0.4 is 10.6 Å². The molecule has 8 nitrogen and oxygen atoms in total. The van der Waals surface area contributed by atoms with Crippen LogP contribution in [0.1, 0.15) is 23.5 Å². The Kier molecular flexibility index (Phi) is 5.35. The van der Waals surface area contributed by atoms with Gasteiger partial charge in [0, 0.05) is 42.2 Å². The molecule has 0 unspecified atom stereocenters. The number of rotatable bonds is 5. The number of carbonyl (C=O) groups excluding carboxylic acids is 2. The van der Waals surface area contributed by atoms with Crippen molar-refractivity contribution < 1.29 is 18.5 Å². The molecule has 1 aliphatic heterocycles. The van der Waals surface area contributed by atoms with Gasteiger partial charge in [0.1, 0.15) is 5.82 Å². The molecular weight excluding hydrogens is 425 g/mol. The van der Waals surface area contributed by atoms with Gasteiger partial charge in [0.25, 0.3) is 5.89 Å². The van der Waals surface area contributed by atoms with Crippen molar-refractivity contribution in [2.24, 2.45) is 0 Å². The van der Waals surface area contributed by atoms with Gasteiger partial charge < -0.3 is 15.2 Å². The van der Waals surface area contributed by atoms with Crippen LogP contribution in [-0.4, -0.2) is 26.9 Å². The fourth-order valence-electron chi connectivity index (χ4n) is 3.76. The van der Waals surface area contributed by atoms with E-state index in [2.05, 4.69) is 25.8 Å². The highest BCUT2D eigenvalue weighted by Gasteiger charge is 2.30. The zero-order chi connectivity index (χ0) is 22.8. The number of nitrogens with zero attached hydrogens (tertiary/aromatic N) is 3. The standard InChI is InChI=1S/C24H18FN5O3/c25-17-4-5-18-19(12-21(31)28-20(18)11-17)23(32)27-13-14-2-1-3-16(10-14)24-29-22(30-33-24)15-6-8-26-9-7-15/h1-11,19H,12-13H2,(H,27,32)(H,28,31)/t19-/m1/s1. The van der Waals surface area contributed by atoms with Crippen LogP contribution in [0, 0.1) is 5.82 Å². The number of fused-ring (bicyclic) bond motifs is 1. The van der Waals surface area contributed by atoms with Crippen molar-refractivity contribution in [2.75, 3.05) is 5.32 Å². The van der Waals surface area contributed by atoms with Crippen LogP contribution in [0.25, 0.3) is 22.8 Å². The van der Waals surface area contributed by atoms with E-state index in [0.717, 1.165) is 11.1 Å². The van der Waals surface area contributed by atoms with Crippen LogP contribution in [0.3, 0.4) is 0 Å². The number of anilines is 1. The van der Waals surface area contributed by atoms with Gasteiger partial charge in [-0.1, -0.05) is 23.4 Å². The summed E-state index contributed by atoms with van der Waals surface area (Å²) in [4.78, 5) is 33.3. The van der Waals surface area contributed by atoms with E-state index in [-0.39, 0.29) is 24.8 Å². The van der Waals surface area contributed by atoms with E-state index in [0.29, 0.717) is 28.5 Å². The largest absolute Gasteiger partial charge is 0.351 e. The average Bonchev–Trinajstić information content (AvgIpc) is 3.33. The lowest BCUT2D eigenvalue weighted by Gasteiger charge is -2.25. The van der Waals surface area contributed by atoms with Crippen molar-refractivity contribution in [2.45, 2.75) is 18.9 Å². The molecule has 1 aliphatic rings. The summed E-state index contributed by atoms with van der Waals surface area (Å²) in [5, 5.41) is 9.50. The molecule has 4 aromatic rings. The molecule has 0 fully saturated rings. The SMILES string of the molecule is O=C1C[C@@H](C(=O)NCc2cccc(-c3nc(-c4ccncc4)no3)c2)c2ccc(F)cc2N1. The third-order valence-electron chi connectivity index (χ3n) is 5.38. The Hall–Kier alpha value is -4.40. The molecule has 0 saturated carbocycles. The van der Waals surface area contributed by atoms with Crippen molar-refractivity contribution in [1.29, 1.82) is 0 Å². The minimum Gasteiger partial charge on any atom is -0.351 e. The van der Waals surface area contributed by atoms with E-state index in [4.69, 9.17) is 4.52 Å². The highest BCUT2D eigenvalue weighted by molar-refractivity contribution is 6.01. The Morgan fingerprint density at radius 2 is 1.97 bits per heavy atom. The van der Waals surface area contributed by atoms with Gasteiger partial charge in [-0.15, -0.1) is 0 Å². The number of hydrogen-bond donors (Lipinski definition) is 2. The minimum atomic E-state index is -0.684. The summed E-state index contributed by atoms with van der Waals surface area (Å²) in [6.45, 7) is 0.243. The second-order valence-electron chi connectivity index (χ2n) is 7.61. The van der Waals surface area contributed by atoms with Crippen molar-refractivity contribution >= 4 is 17.5 Å². The van der Waals surface area contributed by atoms with E-state index in [1.165, 1.54) is 18.2 Å². The van der Waals surface area contributed by atoms with Crippen molar-refractivity contribution in [3.63, 3.8) is 0 Å². The Labute approximate surface area is 187 Å². The first-order valence-corrected chi connectivity index (χ1v) is 10.3. The van der Waals surface area contributed by atoms with E-state index in [1.54, 1.807) is 24.5 Å². The maximum atomic E-state index is 13.5. The molecule has 0 radical (unpaired) electrons. The zero-order valence-electron chi connectivity index (χ0n) is 17.3. The van der Waals surface area contributed by atoms with Gasteiger partial charge in [-0.25, -0.2) is 4.39 Å². The highest BCUT2D eigenvalue weighted by atomic mass is 19.1. The fourth-order valence-corrected chi connectivity index (χ4v) is 3.76. The molecular formula is C24H18FN5O3. The number of halogens is 1. The zero-order valence-corrected chi connectivity index (χ0v) is 17.3. The maximum Gasteiger partial charge on any atom is 0.258 e. The van der Waals surface area contributed by atoms with E-state index >= 15 is 0 Å². The maximum absolute atomic E-state index is 13.5. The normalized spacial score (nSPS) is 14.9. The summed E-state index contributed by atoms with van der Waals surface area (Å²) in [6.07, 6.45) is 3.31. The van der Waals surface area contributed by atoms with Crippen LogP contribution in [0.2, 0.25) is 0 Å². The smallest absolute Gasteiger partial charge is 0.258 e. The fraction of sp³-hybridized carbons (Fsp3) is 0.125. The molecule has 0 aliphatic carbocycles. The van der Waals surface area contributed by atoms with Crippen molar-refractivity contribution in [3.8, 4) is 22.8 Å². The second-order valence-corrected chi connectivity index (χ2v) is 7.61. The first-order valence-electron chi connectivity index (χ1n) is 10.3. The predicted octanol–water partition coefficient (Wildman–Crippen LogP) is 3.68. The van der Waals surface area contributed by atoms with Crippen molar-refractivity contribution in [3.05, 3.63) is 83.9 Å². The summed E-state index contributed by atoms with van der Waals surface area (Å²) in [7, 11) is 0. The third kappa shape index (κ3) is 4.33. The Bertz CT molecular complexity index is 1340. The van der Waals surface area contributed by atoms with Crippen LogP contribution in [0.4, 0.5) is 10.1 Å². The highest BCUT2D eigenvalue weighted by Crippen LogP contribution is 2.33. The number of amides is 2. The van der Waals surface area contributed by atoms with Crippen LogP contribution >= 0.6 is 0 Å². The average molecular weight is 443 g/mol. The number of pyridine rings is 1. The molecule has 1 atom stereocenters. The number of nitrogens with one attached hydrogen (secondary N) is 2. The van der Waals surface area contributed by atoms with Crippen LogP contribution in [0.5, 0.6) is 0 Å². The van der Waals surface area contributed by atoms with Gasteiger partial charge >= 0.3 is 0 Å². The number of aromatic nitrogens is 3. The lowest BCUT2D eigenvalue weighted by molar-refractivity contribution is -0.126. The van der Waals surface area contributed by atoms with Gasteiger partial charge in [-0.3, -0.25) is 14.6 Å². The number of hydrogen-bond acceptors (Lipinski definition) is 6. The predicted molar refractivity (Wildman–Crippen MR) is 117 cm³/mol. The summed E-state index contributed by atoms with van der Waals surface area (Å²) < 4.78 is 18.9. The monoisotopic (exact) mass is 443 g/mol. The molecule has 9 heteroatoms.